The van der Waals surface area contributed by atoms with Crippen molar-refractivity contribution in [1.82, 2.24) is 4.72 Å². The van der Waals surface area contributed by atoms with Crippen LogP contribution in [0.1, 0.15) is 38.3 Å². The van der Waals surface area contributed by atoms with Crippen molar-refractivity contribution in [2.24, 2.45) is 5.41 Å². The molecule has 1 saturated carbocycles. The third kappa shape index (κ3) is 2.99. The molecule has 2 N–H and O–H groups in total. The first-order valence-corrected chi connectivity index (χ1v) is 8.03. The molecule has 0 saturated heterocycles. The third-order valence-corrected chi connectivity index (χ3v) is 5.35. The highest BCUT2D eigenvalue weighted by molar-refractivity contribution is 7.89. The SMILES string of the molecule is CCc1ccc(CO)cc1S(=O)(=O)NC1CC1(C)C. The fourth-order valence-corrected chi connectivity index (χ4v) is 3.93. The van der Waals surface area contributed by atoms with Crippen LogP contribution in [0.3, 0.4) is 0 Å². The number of hydrogen-bond donors (Lipinski definition) is 2. The van der Waals surface area contributed by atoms with Crippen molar-refractivity contribution in [2.45, 2.75) is 51.2 Å². The van der Waals surface area contributed by atoms with Crippen LogP contribution < -0.4 is 4.72 Å². The van der Waals surface area contributed by atoms with Gasteiger partial charge in [-0.25, -0.2) is 13.1 Å². The highest BCUT2D eigenvalue weighted by Crippen LogP contribution is 2.45. The standard InChI is InChI=1S/C14H21NO3S/c1-4-11-6-5-10(9-16)7-12(11)19(17,18)15-13-8-14(13,2)3/h5-7,13,15-16H,4,8-9H2,1-3H3. The number of aliphatic hydroxyl groups is 1. The van der Waals surface area contributed by atoms with E-state index < -0.39 is 10.0 Å². The predicted molar refractivity (Wildman–Crippen MR) is 74.3 cm³/mol. The summed E-state index contributed by atoms with van der Waals surface area (Å²) in [7, 11) is -3.50. The van der Waals surface area contributed by atoms with E-state index in [1.807, 2.05) is 20.8 Å². The lowest BCUT2D eigenvalue weighted by atomic mass is 10.1. The molecule has 0 spiro atoms. The normalized spacial score (nSPS) is 21.4. The number of aryl methyl sites for hydroxylation is 1. The molecule has 1 aliphatic carbocycles. The van der Waals surface area contributed by atoms with Gasteiger partial charge in [0, 0.05) is 6.04 Å². The van der Waals surface area contributed by atoms with E-state index in [2.05, 4.69) is 4.72 Å². The molecule has 0 radical (unpaired) electrons. The molecule has 1 atom stereocenters. The molecule has 1 unspecified atom stereocenters. The highest BCUT2D eigenvalue weighted by Gasteiger charge is 2.48. The molecular weight excluding hydrogens is 262 g/mol. The summed E-state index contributed by atoms with van der Waals surface area (Å²) in [5.74, 6) is 0. The van der Waals surface area contributed by atoms with Gasteiger partial charge in [-0.1, -0.05) is 32.9 Å². The van der Waals surface area contributed by atoms with Gasteiger partial charge >= 0.3 is 0 Å². The van der Waals surface area contributed by atoms with Crippen molar-refractivity contribution >= 4 is 10.0 Å². The summed E-state index contributed by atoms with van der Waals surface area (Å²) in [4.78, 5) is 0.296. The zero-order valence-corrected chi connectivity index (χ0v) is 12.4. The quantitative estimate of drug-likeness (QED) is 0.866. The van der Waals surface area contributed by atoms with Crippen molar-refractivity contribution in [1.29, 1.82) is 0 Å². The fraction of sp³-hybridized carbons (Fsp3) is 0.571. The van der Waals surface area contributed by atoms with E-state index in [9.17, 15) is 8.42 Å². The van der Waals surface area contributed by atoms with Gasteiger partial charge in [-0.15, -0.1) is 0 Å². The average molecular weight is 283 g/mol. The molecule has 106 valence electrons. The second-order valence-electron chi connectivity index (χ2n) is 5.82. The van der Waals surface area contributed by atoms with Crippen LogP contribution in [0.4, 0.5) is 0 Å². The van der Waals surface area contributed by atoms with Crippen LogP contribution in [0.5, 0.6) is 0 Å². The Bertz CT molecular complexity index is 578. The Kier molecular flexibility index (Phi) is 3.73. The van der Waals surface area contributed by atoms with Crippen LogP contribution in [0.25, 0.3) is 0 Å². The molecule has 0 aliphatic heterocycles. The Balaban J connectivity index is 2.33. The van der Waals surface area contributed by atoms with Gasteiger partial charge in [0.15, 0.2) is 0 Å². The molecule has 0 aromatic heterocycles. The molecule has 1 aromatic carbocycles. The maximum atomic E-state index is 12.4. The van der Waals surface area contributed by atoms with Crippen LogP contribution in [-0.4, -0.2) is 19.6 Å². The number of hydrogen-bond acceptors (Lipinski definition) is 3. The van der Waals surface area contributed by atoms with E-state index in [0.717, 1.165) is 12.0 Å². The maximum absolute atomic E-state index is 12.4. The first kappa shape index (κ1) is 14.5. The highest BCUT2D eigenvalue weighted by atomic mass is 32.2. The maximum Gasteiger partial charge on any atom is 0.241 e. The van der Waals surface area contributed by atoms with E-state index in [1.54, 1.807) is 18.2 Å². The van der Waals surface area contributed by atoms with E-state index in [-0.39, 0.29) is 18.1 Å². The summed E-state index contributed by atoms with van der Waals surface area (Å²) in [5.41, 5.74) is 1.45. The molecule has 0 bridgehead atoms. The van der Waals surface area contributed by atoms with E-state index in [0.29, 0.717) is 16.9 Å². The van der Waals surface area contributed by atoms with Gasteiger partial charge in [-0.2, -0.15) is 0 Å². The van der Waals surface area contributed by atoms with Crippen LogP contribution in [-0.2, 0) is 23.1 Å². The molecule has 1 fully saturated rings. The minimum atomic E-state index is -3.50. The molecule has 4 nitrogen and oxygen atoms in total. The lowest BCUT2D eigenvalue weighted by Gasteiger charge is -2.12. The van der Waals surface area contributed by atoms with Gasteiger partial charge < -0.3 is 5.11 Å². The zero-order valence-electron chi connectivity index (χ0n) is 11.6. The lowest BCUT2D eigenvalue weighted by Crippen LogP contribution is -2.29. The number of sulfonamides is 1. The molecule has 1 aliphatic rings. The molecule has 0 amide bonds. The molecule has 1 aromatic rings. The van der Waals surface area contributed by atoms with Crippen LogP contribution in [0, 0.1) is 5.41 Å². The largest absolute Gasteiger partial charge is 0.392 e. The molecule has 19 heavy (non-hydrogen) atoms. The second-order valence-corrected chi connectivity index (χ2v) is 7.50. The van der Waals surface area contributed by atoms with Gasteiger partial charge in [-0.05, 0) is 35.4 Å². The molecule has 0 heterocycles. The summed E-state index contributed by atoms with van der Waals surface area (Å²) < 4.78 is 27.6. The van der Waals surface area contributed by atoms with Crippen LogP contribution in [0.2, 0.25) is 0 Å². The van der Waals surface area contributed by atoms with E-state index in [4.69, 9.17) is 5.11 Å². The first-order valence-electron chi connectivity index (χ1n) is 6.55. The van der Waals surface area contributed by atoms with Gasteiger partial charge in [0.25, 0.3) is 0 Å². The minimum Gasteiger partial charge on any atom is -0.392 e. The van der Waals surface area contributed by atoms with Crippen molar-refractivity contribution in [3.05, 3.63) is 29.3 Å². The zero-order chi connectivity index (χ0) is 14.3. The lowest BCUT2D eigenvalue weighted by molar-refractivity contribution is 0.281. The molecule has 2 rings (SSSR count). The molecule has 5 heteroatoms. The third-order valence-electron chi connectivity index (χ3n) is 3.80. The van der Waals surface area contributed by atoms with E-state index >= 15 is 0 Å². The van der Waals surface area contributed by atoms with Gasteiger partial charge in [-0.3, -0.25) is 0 Å². The summed E-state index contributed by atoms with van der Waals surface area (Å²) >= 11 is 0. The monoisotopic (exact) mass is 283 g/mol. The topological polar surface area (TPSA) is 66.4 Å². The van der Waals surface area contributed by atoms with Crippen molar-refractivity contribution < 1.29 is 13.5 Å². The summed E-state index contributed by atoms with van der Waals surface area (Å²) in [6, 6.07) is 5.12. The Labute approximate surface area is 114 Å². The van der Waals surface area contributed by atoms with Crippen LogP contribution >= 0.6 is 0 Å². The molecular formula is C14H21NO3S. The number of nitrogens with one attached hydrogen (secondary N) is 1. The number of aliphatic hydroxyl groups excluding tert-OH is 1. The van der Waals surface area contributed by atoms with Crippen molar-refractivity contribution in [3.8, 4) is 0 Å². The Morgan fingerprint density at radius 2 is 2.05 bits per heavy atom. The number of rotatable bonds is 5. The Morgan fingerprint density at radius 1 is 1.42 bits per heavy atom. The average Bonchev–Trinajstić information content (AvgIpc) is 2.94. The second kappa shape index (κ2) is 4.89. The van der Waals surface area contributed by atoms with Gasteiger partial charge in [0.05, 0.1) is 11.5 Å². The predicted octanol–water partition coefficient (Wildman–Crippen LogP) is 1.82. The number of benzene rings is 1. The fourth-order valence-electron chi connectivity index (χ4n) is 2.16. The smallest absolute Gasteiger partial charge is 0.241 e. The van der Waals surface area contributed by atoms with Gasteiger partial charge in [0.1, 0.15) is 0 Å². The van der Waals surface area contributed by atoms with E-state index in [1.165, 1.54) is 0 Å². The van der Waals surface area contributed by atoms with Crippen molar-refractivity contribution in [3.63, 3.8) is 0 Å². The van der Waals surface area contributed by atoms with Crippen molar-refractivity contribution in [2.75, 3.05) is 0 Å². The Hall–Kier alpha value is -0.910. The van der Waals surface area contributed by atoms with Crippen LogP contribution in [0.15, 0.2) is 23.1 Å². The minimum absolute atomic E-state index is 0.0139. The first-order chi connectivity index (χ1) is 8.80. The summed E-state index contributed by atoms with van der Waals surface area (Å²) in [6.45, 7) is 5.87. The van der Waals surface area contributed by atoms with Gasteiger partial charge in [0.2, 0.25) is 10.0 Å². The Morgan fingerprint density at radius 3 is 2.53 bits per heavy atom. The summed E-state index contributed by atoms with van der Waals surface area (Å²) in [6.07, 6.45) is 1.52. The summed E-state index contributed by atoms with van der Waals surface area (Å²) in [5, 5.41) is 9.15.